The average Bonchev–Trinajstić information content (AvgIpc) is 2.47. The number of hydrogen-bond donors (Lipinski definition) is 0. The number of methoxy groups -OCH3 is 1. The molecule has 1 aromatic heterocycles. The Morgan fingerprint density at radius 1 is 1.20 bits per heavy atom. The van der Waals surface area contributed by atoms with Gasteiger partial charge in [-0.15, -0.1) is 0 Å². The molecular formula is C17H19NO2. The van der Waals surface area contributed by atoms with Crippen LogP contribution in [0.1, 0.15) is 41.3 Å². The second kappa shape index (κ2) is 6.33. The van der Waals surface area contributed by atoms with Crippen molar-refractivity contribution in [1.29, 1.82) is 0 Å². The van der Waals surface area contributed by atoms with Crippen LogP contribution in [0.2, 0.25) is 0 Å². The fourth-order valence-corrected chi connectivity index (χ4v) is 2.07. The lowest BCUT2D eigenvalue weighted by atomic mass is 9.98. The first kappa shape index (κ1) is 14.3. The van der Waals surface area contributed by atoms with Crippen molar-refractivity contribution in [3.8, 4) is 5.75 Å². The molecule has 3 nitrogen and oxygen atoms in total. The number of Topliss-reactive ketones (excluding diaryl/α,β-unsaturated/α-hetero) is 1. The van der Waals surface area contributed by atoms with E-state index in [1.807, 2.05) is 12.1 Å². The maximum atomic E-state index is 12.3. The van der Waals surface area contributed by atoms with Gasteiger partial charge in [-0.25, -0.2) is 0 Å². The number of carbonyl (C=O) groups excluding carboxylic acids is 1. The fraction of sp³-hybridized carbons (Fsp3) is 0.294. The van der Waals surface area contributed by atoms with Crippen LogP contribution in [0.15, 0.2) is 42.7 Å². The van der Waals surface area contributed by atoms with E-state index in [0.717, 1.165) is 5.56 Å². The summed E-state index contributed by atoms with van der Waals surface area (Å²) in [5.41, 5.74) is 2.87. The van der Waals surface area contributed by atoms with E-state index in [1.165, 1.54) is 5.56 Å². The van der Waals surface area contributed by atoms with E-state index in [2.05, 4.69) is 31.0 Å². The molecule has 0 aliphatic heterocycles. The van der Waals surface area contributed by atoms with Gasteiger partial charge in [-0.05, 0) is 23.1 Å². The molecule has 0 spiro atoms. The Labute approximate surface area is 119 Å². The van der Waals surface area contributed by atoms with E-state index in [4.69, 9.17) is 4.74 Å². The molecule has 0 fully saturated rings. The molecule has 0 saturated heterocycles. The first-order valence-corrected chi connectivity index (χ1v) is 6.72. The lowest BCUT2D eigenvalue weighted by molar-refractivity contribution is 0.0990. The molecule has 2 aromatic rings. The lowest BCUT2D eigenvalue weighted by Crippen LogP contribution is -2.06. The molecule has 0 bridgehead atoms. The Balaban J connectivity index is 2.15. The minimum Gasteiger partial charge on any atom is -0.494 e. The van der Waals surface area contributed by atoms with Crippen molar-refractivity contribution >= 4 is 5.78 Å². The number of rotatable bonds is 5. The topological polar surface area (TPSA) is 39.2 Å². The fourth-order valence-electron chi connectivity index (χ4n) is 2.07. The largest absolute Gasteiger partial charge is 0.494 e. The summed E-state index contributed by atoms with van der Waals surface area (Å²) in [6.07, 6.45) is 3.55. The van der Waals surface area contributed by atoms with Crippen LogP contribution in [0.5, 0.6) is 5.75 Å². The van der Waals surface area contributed by atoms with Crippen molar-refractivity contribution in [2.24, 2.45) is 0 Å². The van der Waals surface area contributed by atoms with Crippen LogP contribution in [0.25, 0.3) is 0 Å². The summed E-state index contributed by atoms with van der Waals surface area (Å²) in [6, 6.07) is 9.89. The Morgan fingerprint density at radius 3 is 2.50 bits per heavy atom. The van der Waals surface area contributed by atoms with Crippen molar-refractivity contribution in [2.45, 2.75) is 26.2 Å². The molecule has 0 radical (unpaired) electrons. The predicted octanol–water partition coefficient (Wildman–Crippen LogP) is 3.64. The number of benzene rings is 1. The van der Waals surface area contributed by atoms with Gasteiger partial charge >= 0.3 is 0 Å². The molecule has 20 heavy (non-hydrogen) atoms. The molecule has 0 unspecified atom stereocenters. The predicted molar refractivity (Wildman–Crippen MR) is 79.4 cm³/mol. The Bertz CT molecular complexity index is 588. The summed E-state index contributed by atoms with van der Waals surface area (Å²) in [6.45, 7) is 4.31. The number of hydrogen-bond acceptors (Lipinski definition) is 3. The zero-order chi connectivity index (χ0) is 14.5. The van der Waals surface area contributed by atoms with E-state index in [0.29, 0.717) is 23.7 Å². The Morgan fingerprint density at radius 2 is 1.90 bits per heavy atom. The van der Waals surface area contributed by atoms with Gasteiger partial charge in [0.05, 0.1) is 18.9 Å². The van der Waals surface area contributed by atoms with Crippen LogP contribution in [0.4, 0.5) is 0 Å². The zero-order valence-corrected chi connectivity index (χ0v) is 12.1. The van der Waals surface area contributed by atoms with Crippen LogP contribution in [-0.4, -0.2) is 17.9 Å². The smallest absolute Gasteiger partial charge is 0.171 e. The van der Waals surface area contributed by atoms with E-state index < -0.39 is 0 Å². The highest BCUT2D eigenvalue weighted by Gasteiger charge is 2.12. The molecule has 1 heterocycles. The van der Waals surface area contributed by atoms with Gasteiger partial charge in [-0.3, -0.25) is 9.78 Å². The number of ketones is 1. The van der Waals surface area contributed by atoms with E-state index in [9.17, 15) is 4.79 Å². The van der Waals surface area contributed by atoms with Crippen molar-refractivity contribution < 1.29 is 9.53 Å². The zero-order valence-electron chi connectivity index (χ0n) is 12.1. The molecular weight excluding hydrogens is 250 g/mol. The molecule has 0 amide bonds. The van der Waals surface area contributed by atoms with Gasteiger partial charge in [0, 0.05) is 12.6 Å². The number of aromatic nitrogens is 1. The second-order valence-electron chi connectivity index (χ2n) is 5.07. The first-order chi connectivity index (χ1) is 9.61. The SMILES string of the molecule is COc1cnccc1C(=O)Cc1ccc(C(C)C)cc1. The summed E-state index contributed by atoms with van der Waals surface area (Å²) in [5, 5.41) is 0. The third-order valence-electron chi connectivity index (χ3n) is 3.32. The summed E-state index contributed by atoms with van der Waals surface area (Å²) in [5.74, 6) is 1.07. The third-order valence-corrected chi connectivity index (χ3v) is 3.32. The molecule has 0 aliphatic rings. The van der Waals surface area contributed by atoms with E-state index >= 15 is 0 Å². The highest BCUT2D eigenvalue weighted by Crippen LogP contribution is 2.19. The molecule has 2 rings (SSSR count). The number of carbonyl (C=O) groups is 1. The van der Waals surface area contributed by atoms with Crippen LogP contribution in [0.3, 0.4) is 0 Å². The standard InChI is InChI=1S/C17H19NO2/c1-12(2)14-6-4-13(5-7-14)10-16(19)15-8-9-18-11-17(15)20-3/h4-9,11-12H,10H2,1-3H3. The van der Waals surface area contributed by atoms with Gasteiger partial charge in [0.1, 0.15) is 5.75 Å². The summed E-state index contributed by atoms with van der Waals surface area (Å²) < 4.78 is 5.17. The van der Waals surface area contributed by atoms with Crippen LogP contribution in [-0.2, 0) is 6.42 Å². The third kappa shape index (κ3) is 3.23. The van der Waals surface area contributed by atoms with Gasteiger partial charge < -0.3 is 4.74 Å². The van der Waals surface area contributed by atoms with Gasteiger partial charge in [0.2, 0.25) is 0 Å². The highest BCUT2D eigenvalue weighted by atomic mass is 16.5. The lowest BCUT2D eigenvalue weighted by Gasteiger charge is -2.08. The molecule has 0 atom stereocenters. The maximum absolute atomic E-state index is 12.3. The maximum Gasteiger partial charge on any atom is 0.171 e. The van der Waals surface area contributed by atoms with Gasteiger partial charge in [-0.2, -0.15) is 0 Å². The minimum atomic E-state index is 0.0431. The molecule has 104 valence electrons. The Hall–Kier alpha value is -2.16. The Kier molecular flexibility index (Phi) is 4.51. The van der Waals surface area contributed by atoms with Gasteiger partial charge in [0.25, 0.3) is 0 Å². The van der Waals surface area contributed by atoms with Crippen molar-refractivity contribution in [1.82, 2.24) is 4.98 Å². The molecule has 0 N–H and O–H groups in total. The molecule has 1 aromatic carbocycles. The van der Waals surface area contributed by atoms with Gasteiger partial charge in [-0.1, -0.05) is 38.1 Å². The van der Waals surface area contributed by atoms with Crippen molar-refractivity contribution in [3.05, 3.63) is 59.4 Å². The summed E-state index contributed by atoms with van der Waals surface area (Å²) in [4.78, 5) is 16.3. The van der Waals surface area contributed by atoms with Crippen molar-refractivity contribution in [2.75, 3.05) is 7.11 Å². The van der Waals surface area contributed by atoms with E-state index in [1.54, 1.807) is 25.6 Å². The highest BCUT2D eigenvalue weighted by molar-refractivity contribution is 5.99. The molecule has 3 heteroatoms. The second-order valence-corrected chi connectivity index (χ2v) is 5.07. The number of pyridine rings is 1. The normalized spacial score (nSPS) is 10.6. The van der Waals surface area contributed by atoms with E-state index in [-0.39, 0.29) is 5.78 Å². The number of ether oxygens (including phenoxy) is 1. The number of nitrogens with zero attached hydrogens (tertiary/aromatic N) is 1. The van der Waals surface area contributed by atoms with Crippen LogP contribution >= 0.6 is 0 Å². The quantitative estimate of drug-likeness (QED) is 0.778. The first-order valence-electron chi connectivity index (χ1n) is 6.72. The van der Waals surface area contributed by atoms with Crippen LogP contribution in [0, 0.1) is 0 Å². The summed E-state index contributed by atoms with van der Waals surface area (Å²) in [7, 11) is 1.55. The van der Waals surface area contributed by atoms with Crippen molar-refractivity contribution in [3.63, 3.8) is 0 Å². The molecule has 0 aliphatic carbocycles. The van der Waals surface area contributed by atoms with Gasteiger partial charge in [0.15, 0.2) is 5.78 Å². The average molecular weight is 269 g/mol. The van der Waals surface area contributed by atoms with Crippen LogP contribution < -0.4 is 4.74 Å². The summed E-state index contributed by atoms with van der Waals surface area (Å²) >= 11 is 0. The monoisotopic (exact) mass is 269 g/mol. The minimum absolute atomic E-state index is 0.0431. The molecule has 0 saturated carbocycles.